The minimum atomic E-state index is -0.845. The van der Waals surface area contributed by atoms with Crippen LogP contribution in [0.3, 0.4) is 0 Å². The zero-order valence-corrected chi connectivity index (χ0v) is 10.7. The van der Waals surface area contributed by atoms with Crippen molar-refractivity contribution in [3.63, 3.8) is 0 Å². The average molecular weight is 253 g/mol. The normalized spacial score (nSPS) is 16.4. The molecule has 0 fully saturated rings. The summed E-state index contributed by atoms with van der Waals surface area (Å²) in [5, 5.41) is 9.93. The van der Waals surface area contributed by atoms with E-state index in [1.54, 1.807) is 13.0 Å². The van der Waals surface area contributed by atoms with Gasteiger partial charge in [-0.2, -0.15) is 0 Å². The van der Waals surface area contributed by atoms with Crippen LogP contribution in [-0.2, 0) is 6.54 Å². The van der Waals surface area contributed by atoms with Gasteiger partial charge in [0.1, 0.15) is 12.4 Å². The molecule has 1 atom stereocenters. The summed E-state index contributed by atoms with van der Waals surface area (Å²) in [5.74, 6) is 1.97. The lowest BCUT2D eigenvalue weighted by molar-refractivity contribution is 0.00813. The van der Waals surface area contributed by atoms with Gasteiger partial charge in [-0.25, -0.2) is 0 Å². The van der Waals surface area contributed by atoms with Crippen LogP contribution in [0.2, 0.25) is 0 Å². The molecule has 0 aromatic heterocycles. The van der Waals surface area contributed by atoms with Crippen LogP contribution in [0.4, 0.5) is 0 Å². The van der Waals surface area contributed by atoms with E-state index in [1.807, 2.05) is 13.0 Å². The van der Waals surface area contributed by atoms with Gasteiger partial charge in [-0.1, -0.05) is 6.92 Å². The Labute approximate surface area is 106 Å². The monoisotopic (exact) mass is 253 g/mol. The van der Waals surface area contributed by atoms with Crippen molar-refractivity contribution in [2.45, 2.75) is 32.4 Å². The van der Waals surface area contributed by atoms with E-state index in [-0.39, 0.29) is 13.4 Å². The molecule has 1 aromatic carbocycles. The maximum absolute atomic E-state index is 9.93. The SMILES string of the molecule is CCC(C)(O)COc1cc2c(cc1CN)OCO2. The first kappa shape index (κ1) is 13.0. The Morgan fingerprint density at radius 2 is 2.06 bits per heavy atom. The van der Waals surface area contributed by atoms with Crippen LogP contribution in [-0.4, -0.2) is 24.1 Å². The van der Waals surface area contributed by atoms with Gasteiger partial charge in [0.2, 0.25) is 6.79 Å². The molecule has 18 heavy (non-hydrogen) atoms. The van der Waals surface area contributed by atoms with Gasteiger partial charge >= 0.3 is 0 Å². The summed E-state index contributed by atoms with van der Waals surface area (Å²) in [5.41, 5.74) is 5.67. The Bertz CT molecular complexity index is 431. The zero-order chi connectivity index (χ0) is 13.2. The van der Waals surface area contributed by atoms with Gasteiger partial charge in [-0.15, -0.1) is 0 Å². The van der Waals surface area contributed by atoms with E-state index in [0.717, 1.165) is 5.56 Å². The van der Waals surface area contributed by atoms with E-state index in [4.69, 9.17) is 19.9 Å². The van der Waals surface area contributed by atoms with Gasteiger partial charge in [0, 0.05) is 18.2 Å². The molecule has 0 aliphatic carbocycles. The number of fused-ring (bicyclic) bond motifs is 1. The van der Waals surface area contributed by atoms with Crippen LogP contribution < -0.4 is 19.9 Å². The molecule has 5 heteroatoms. The van der Waals surface area contributed by atoms with Crippen molar-refractivity contribution in [3.05, 3.63) is 17.7 Å². The Kier molecular flexibility index (Phi) is 3.63. The van der Waals surface area contributed by atoms with E-state index in [1.165, 1.54) is 0 Å². The van der Waals surface area contributed by atoms with Crippen LogP contribution in [0.1, 0.15) is 25.8 Å². The van der Waals surface area contributed by atoms with Crippen LogP contribution in [0.15, 0.2) is 12.1 Å². The number of aliphatic hydroxyl groups is 1. The molecule has 1 aromatic rings. The first-order valence-corrected chi connectivity index (χ1v) is 6.03. The first-order chi connectivity index (χ1) is 8.55. The van der Waals surface area contributed by atoms with Crippen molar-refractivity contribution in [2.75, 3.05) is 13.4 Å². The Morgan fingerprint density at radius 3 is 2.67 bits per heavy atom. The number of rotatable bonds is 5. The molecule has 1 aliphatic rings. The lowest BCUT2D eigenvalue weighted by Gasteiger charge is -2.22. The fourth-order valence-electron chi connectivity index (χ4n) is 1.59. The Hall–Kier alpha value is -1.46. The third-order valence-corrected chi connectivity index (χ3v) is 3.08. The van der Waals surface area contributed by atoms with Crippen molar-refractivity contribution in [1.82, 2.24) is 0 Å². The van der Waals surface area contributed by atoms with Gasteiger partial charge in [0.25, 0.3) is 0 Å². The minimum Gasteiger partial charge on any atom is -0.490 e. The summed E-state index contributed by atoms with van der Waals surface area (Å²) in [6.45, 7) is 4.43. The molecule has 0 saturated heterocycles. The van der Waals surface area contributed by atoms with Crippen LogP contribution >= 0.6 is 0 Å². The standard InChI is InChI=1S/C13H19NO4/c1-3-13(2,15)7-16-10-5-12-11(17-8-18-12)4-9(10)6-14/h4-5,15H,3,6-8,14H2,1-2H3. The molecular weight excluding hydrogens is 234 g/mol. The van der Waals surface area contributed by atoms with E-state index >= 15 is 0 Å². The second kappa shape index (κ2) is 5.04. The predicted molar refractivity (Wildman–Crippen MR) is 66.9 cm³/mol. The van der Waals surface area contributed by atoms with Gasteiger partial charge in [-0.05, 0) is 19.4 Å². The molecule has 1 aliphatic heterocycles. The molecule has 3 N–H and O–H groups in total. The summed E-state index contributed by atoms with van der Waals surface area (Å²) in [6.07, 6.45) is 0.621. The molecular formula is C13H19NO4. The number of hydrogen-bond acceptors (Lipinski definition) is 5. The molecule has 0 radical (unpaired) electrons. The Balaban J connectivity index is 2.17. The van der Waals surface area contributed by atoms with Gasteiger partial charge in [0.05, 0.1) is 5.60 Å². The maximum Gasteiger partial charge on any atom is 0.231 e. The zero-order valence-electron chi connectivity index (χ0n) is 10.7. The second-order valence-corrected chi connectivity index (χ2v) is 4.66. The van der Waals surface area contributed by atoms with Crippen LogP contribution in [0, 0.1) is 0 Å². The van der Waals surface area contributed by atoms with Crippen molar-refractivity contribution >= 4 is 0 Å². The fraction of sp³-hybridized carbons (Fsp3) is 0.538. The molecule has 0 amide bonds. The number of benzene rings is 1. The second-order valence-electron chi connectivity index (χ2n) is 4.66. The molecule has 1 heterocycles. The maximum atomic E-state index is 9.93. The quantitative estimate of drug-likeness (QED) is 0.830. The number of hydrogen-bond donors (Lipinski definition) is 2. The summed E-state index contributed by atoms with van der Waals surface area (Å²) in [6, 6.07) is 3.58. The van der Waals surface area contributed by atoms with Crippen molar-refractivity contribution in [2.24, 2.45) is 5.73 Å². The van der Waals surface area contributed by atoms with Gasteiger partial charge in [0.15, 0.2) is 11.5 Å². The smallest absolute Gasteiger partial charge is 0.231 e. The molecule has 2 rings (SSSR count). The molecule has 5 nitrogen and oxygen atoms in total. The van der Waals surface area contributed by atoms with Gasteiger partial charge in [-0.3, -0.25) is 0 Å². The summed E-state index contributed by atoms with van der Waals surface area (Å²) in [7, 11) is 0. The molecule has 0 bridgehead atoms. The summed E-state index contributed by atoms with van der Waals surface area (Å²) < 4.78 is 16.2. The van der Waals surface area contributed by atoms with Crippen molar-refractivity contribution < 1.29 is 19.3 Å². The third kappa shape index (κ3) is 2.68. The summed E-state index contributed by atoms with van der Waals surface area (Å²) >= 11 is 0. The minimum absolute atomic E-state index is 0.218. The van der Waals surface area contributed by atoms with Crippen LogP contribution in [0.5, 0.6) is 17.2 Å². The largest absolute Gasteiger partial charge is 0.490 e. The predicted octanol–water partition coefficient (Wildman–Crippen LogP) is 1.41. The van der Waals surface area contributed by atoms with Crippen molar-refractivity contribution in [1.29, 1.82) is 0 Å². The topological polar surface area (TPSA) is 73.9 Å². The fourth-order valence-corrected chi connectivity index (χ4v) is 1.59. The van der Waals surface area contributed by atoms with E-state index < -0.39 is 5.60 Å². The molecule has 0 spiro atoms. The lowest BCUT2D eigenvalue weighted by atomic mass is 10.1. The van der Waals surface area contributed by atoms with E-state index in [9.17, 15) is 5.11 Å². The highest BCUT2D eigenvalue weighted by Gasteiger charge is 2.21. The highest BCUT2D eigenvalue weighted by atomic mass is 16.7. The lowest BCUT2D eigenvalue weighted by Crippen LogP contribution is -2.31. The van der Waals surface area contributed by atoms with Crippen LogP contribution in [0.25, 0.3) is 0 Å². The molecule has 0 saturated carbocycles. The van der Waals surface area contributed by atoms with E-state index in [0.29, 0.717) is 30.2 Å². The summed E-state index contributed by atoms with van der Waals surface area (Å²) in [4.78, 5) is 0. The van der Waals surface area contributed by atoms with E-state index in [2.05, 4.69) is 0 Å². The number of ether oxygens (including phenoxy) is 3. The number of nitrogens with two attached hydrogens (primary N) is 1. The van der Waals surface area contributed by atoms with Gasteiger partial charge < -0.3 is 25.1 Å². The molecule has 1 unspecified atom stereocenters. The highest BCUT2D eigenvalue weighted by molar-refractivity contribution is 5.51. The highest BCUT2D eigenvalue weighted by Crippen LogP contribution is 2.38. The molecule has 100 valence electrons. The van der Waals surface area contributed by atoms with Crippen molar-refractivity contribution in [3.8, 4) is 17.2 Å². The third-order valence-electron chi connectivity index (χ3n) is 3.08. The Morgan fingerprint density at radius 1 is 1.39 bits per heavy atom. The average Bonchev–Trinajstić information content (AvgIpc) is 2.82. The first-order valence-electron chi connectivity index (χ1n) is 6.03.